The van der Waals surface area contributed by atoms with E-state index in [0.29, 0.717) is 11.0 Å². The van der Waals surface area contributed by atoms with Crippen molar-refractivity contribution in [2.75, 3.05) is 11.1 Å². The van der Waals surface area contributed by atoms with E-state index in [1.807, 2.05) is 66.1 Å². The molecule has 0 fully saturated rings. The zero-order valence-electron chi connectivity index (χ0n) is 17.8. The molecule has 1 aromatic heterocycles. The molecule has 0 saturated carbocycles. The van der Waals surface area contributed by atoms with Gasteiger partial charge in [0, 0.05) is 16.9 Å². The summed E-state index contributed by atoms with van der Waals surface area (Å²) in [6, 6.07) is 20.5. The van der Waals surface area contributed by atoms with Gasteiger partial charge in [0.1, 0.15) is 0 Å². The van der Waals surface area contributed by atoms with Crippen LogP contribution in [0.25, 0.3) is 17.1 Å². The Bertz CT molecular complexity index is 1330. The predicted octanol–water partition coefficient (Wildman–Crippen LogP) is 6.65. The topological polar surface area (TPSA) is 59.8 Å². The van der Waals surface area contributed by atoms with Gasteiger partial charge in [0.05, 0.1) is 16.3 Å². The standard InChI is InChI=1S/C24H18ClF3N4OS/c1-15-6-5-9-18(12-15)32-22(16-7-3-2-4-8-16)30-31-23(32)34-14-21(33)29-17-10-11-20(25)19(13-17)24(26,27)28/h2-13H,14H2,1H3,(H,29,33). The molecule has 4 rings (SSSR count). The molecule has 0 aliphatic carbocycles. The molecule has 5 nitrogen and oxygen atoms in total. The van der Waals surface area contributed by atoms with E-state index in [1.165, 1.54) is 6.07 Å². The van der Waals surface area contributed by atoms with Crippen LogP contribution in [0.4, 0.5) is 18.9 Å². The van der Waals surface area contributed by atoms with E-state index in [0.717, 1.165) is 40.7 Å². The molecule has 0 aliphatic rings. The van der Waals surface area contributed by atoms with Gasteiger partial charge in [-0.15, -0.1) is 10.2 Å². The quantitative estimate of drug-likeness (QED) is 0.300. The highest BCUT2D eigenvalue weighted by atomic mass is 35.5. The van der Waals surface area contributed by atoms with Gasteiger partial charge in [0.25, 0.3) is 0 Å². The number of rotatable bonds is 6. The second-order valence-corrected chi connectivity index (χ2v) is 8.73. The van der Waals surface area contributed by atoms with E-state index in [1.54, 1.807) is 0 Å². The maximum absolute atomic E-state index is 13.1. The Morgan fingerprint density at radius 1 is 1.03 bits per heavy atom. The normalized spacial score (nSPS) is 11.4. The first kappa shape index (κ1) is 23.8. The van der Waals surface area contributed by atoms with Crippen LogP contribution in [-0.2, 0) is 11.0 Å². The summed E-state index contributed by atoms with van der Waals surface area (Å²) in [5, 5.41) is 11.1. The van der Waals surface area contributed by atoms with Gasteiger partial charge in [0.2, 0.25) is 5.91 Å². The number of aryl methyl sites for hydroxylation is 1. The van der Waals surface area contributed by atoms with E-state index in [2.05, 4.69) is 15.5 Å². The van der Waals surface area contributed by atoms with Crippen molar-refractivity contribution in [3.63, 3.8) is 0 Å². The highest BCUT2D eigenvalue weighted by Crippen LogP contribution is 2.36. The first-order valence-electron chi connectivity index (χ1n) is 10.1. The minimum absolute atomic E-state index is 0.00690. The Morgan fingerprint density at radius 2 is 1.79 bits per heavy atom. The van der Waals surface area contributed by atoms with Crippen LogP contribution < -0.4 is 5.32 Å². The molecular weight excluding hydrogens is 485 g/mol. The SMILES string of the molecule is Cc1cccc(-n2c(SCC(=O)Nc3ccc(Cl)c(C(F)(F)F)c3)nnc2-c2ccccc2)c1. The van der Waals surface area contributed by atoms with E-state index in [4.69, 9.17) is 11.6 Å². The summed E-state index contributed by atoms with van der Waals surface area (Å²) in [6.07, 6.45) is -4.62. The molecule has 0 aliphatic heterocycles. The Labute approximate surface area is 203 Å². The molecule has 0 radical (unpaired) electrons. The van der Waals surface area contributed by atoms with Crippen LogP contribution >= 0.6 is 23.4 Å². The molecule has 0 bridgehead atoms. The monoisotopic (exact) mass is 502 g/mol. The maximum Gasteiger partial charge on any atom is 0.417 e. The third-order valence-corrected chi connectivity index (χ3v) is 6.07. The van der Waals surface area contributed by atoms with Gasteiger partial charge in [-0.05, 0) is 42.8 Å². The summed E-state index contributed by atoms with van der Waals surface area (Å²) in [5.41, 5.74) is 1.73. The van der Waals surface area contributed by atoms with Crippen molar-refractivity contribution in [3.05, 3.63) is 88.9 Å². The Hall–Kier alpha value is -3.30. The lowest BCUT2D eigenvalue weighted by Crippen LogP contribution is -2.15. The minimum atomic E-state index is -4.62. The highest BCUT2D eigenvalue weighted by molar-refractivity contribution is 7.99. The second-order valence-electron chi connectivity index (χ2n) is 7.38. The molecule has 0 spiro atoms. The molecule has 10 heteroatoms. The number of nitrogens with one attached hydrogen (secondary N) is 1. The Balaban J connectivity index is 1.57. The maximum atomic E-state index is 13.1. The number of amides is 1. The molecule has 34 heavy (non-hydrogen) atoms. The van der Waals surface area contributed by atoms with E-state index in [-0.39, 0.29) is 11.4 Å². The van der Waals surface area contributed by atoms with Gasteiger partial charge in [-0.25, -0.2) is 0 Å². The molecule has 0 unspecified atom stereocenters. The highest BCUT2D eigenvalue weighted by Gasteiger charge is 2.33. The Morgan fingerprint density at radius 3 is 2.50 bits per heavy atom. The summed E-state index contributed by atoms with van der Waals surface area (Å²) in [7, 11) is 0. The van der Waals surface area contributed by atoms with Crippen LogP contribution in [0.15, 0.2) is 78.0 Å². The van der Waals surface area contributed by atoms with Gasteiger partial charge < -0.3 is 5.32 Å². The average molecular weight is 503 g/mol. The van der Waals surface area contributed by atoms with Crippen LogP contribution in [0.2, 0.25) is 5.02 Å². The smallest absolute Gasteiger partial charge is 0.325 e. The van der Waals surface area contributed by atoms with Crippen molar-refractivity contribution in [1.29, 1.82) is 0 Å². The number of halogens is 4. The van der Waals surface area contributed by atoms with Gasteiger partial charge in [-0.1, -0.05) is 65.8 Å². The lowest BCUT2D eigenvalue weighted by molar-refractivity contribution is -0.137. The number of alkyl halides is 3. The molecule has 4 aromatic rings. The molecular formula is C24H18ClF3N4OS. The molecule has 1 heterocycles. The lowest BCUT2D eigenvalue weighted by Gasteiger charge is -2.12. The number of thioether (sulfide) groups is 1. The van der Waals surface area contributed by atoms with Crippen molar-refractivity contribution in [3.8, 4) is 17.1 Å². The third-order valence-electron chi connectivity index (χ3n) is 4.81. The molecule has 174 valence electrons. The molecule has 0 saturated heterocycles. The molecule has 1 amide bonds. The summed E-state index contributed by atoms with van der Waals surface area (Å²) >= 11 is 6.78. The molecule has 3 aromatic carbocycles. The summed E-state index contributed by atoms with van der Waals surface area (Å²) in [5.74, 6) is 0.0463. The third kappa shape index (κ3) is 5.43. The fourth-order valence-corrected chi connectivity index (χ4v) is 4.26. The van der Waals surface area contributed by atoms with Crippen LogP contribution in [0, 0.1) is 6.92 Å². The van der Waals surface area contributed by atoms with Crippen LogP contribution in [0.3, 0.4) is 0 Å². The molecule has 1 N–H and O–H groups in total. The van der Waals surface area contributed by atoms with Gasteiger partial charge in [-0.3, -0.25) is 9.36 Å². The number of aromatic nitrogens is 3. The summed E-state index contributed by atoms with van der Waals surface area (Å²) in [6.45, 7) is 1.97. The van der Waals surface area contributed by atoms with Crippen molar-refractivity contribution in [2.45, 2.75) is 18.3 Å². The van der Waals surface area contributed by atoms with Crippen LogP contribution in [0.1, 0.15) is 11.1 Å². The van der Waals surface area contributed by atoms with E-state index in [9.17, 15) is 18.0 Å². The summed E-state index contributed by atoms with van der Waals surface area (Å²) in [4.78, 5) is 12.5. The van der Waals surface area contributed by atoms with Crippen LogP contribution in [0.5, 0.6) is 0 Å². The Kier molecular flexibility index (Phi) is 6.95. The predicted molar refractivity (Wildman–Crippen MR) is 127 cm³/mol. The average Bonchev–Trinajstić information content (AvgIpc) is 3.23. The van der Waals surface area contributed by atoms with Crippen molar-refractivity contribution >= 4 is 35.0 Å². The van der Waals surface area contributed by atoms with E-state index < -0.39 is 22.7 Å². The first-order valence-corrected chi connectivity index (χ1v) is 11.5. The summed E-state index contributed by atoms with van der Waals surface area (Å²) < 4.78 is 41.1. The number of hydrogen-bond donors (Lipinski definition) is 1. The molecule has 0 atom stereocenters. The minimum Gasteiger partial charge on any atom is -0.325 e. The lowest BCUT2D eigenvalue weighted by atomic mass is 10.2. The van der Waals surface area contributed by atoms with Gasteiger partial charge in [-0.2, -0.15) is 13.2 Å². The van der Waals surface area contributed by atoms with E-state index >= 15 is 0 Å². The fraction of sp³-hybridized carbons (Fsp3) is 0.125. The zero-order chi connectivity index (χ0) is 24.3. The number of nitrogens with zero attached hydrogens (tertiary/aromatic N) is 3. The first-order chi connectivity index (χ1) is 16.2. The van der Waals surface area contributed by atoms with Crippen molar-refractivity contribution < 1.29 is 18.0 Å². The zero-order valence-corrected chi connectivity index (χ0v) is 19.4. The second kappa shape index (κ2) is 9.90. The number of benzene rings is 3. The largest absolute Gasteiger partial charge is 0.417 e. The van der Waals surface area contributed by atoms with Gasteiger partial charge in [0.15, 0.2) is 11.0 Å². The van der Waals surface area contributed by atoms with Crippen LogP contribution in [-0.4, -0.2) is 26.4 Å². The fourth-order valence-electron chi connectivity index (χ4n) is 3.28. The number of carbonyl (C=O) groups is 1. The number of carbonyl (C=O) groups excluding carboxylic acids is 1. The van der Waals surface area contributed by atoms with Gasteiger partial charge >= 0.3 is 6.18 Å². The van der Waals surface area contributed by atoms with Crippen molar-refractivity contribution in [1.82, 2.24) is 14.8 Å². The number of anilines is 1. The number of hydrogen-bond acceptors (Lipinski definition) is 4. The van der Waals surface area contributed by atoms with Crippen molar-refractivity contribution in [2.24, 2.45) is 0 Å².